The molecule has 1 rings (SSSR count). The first-order valence-corrected chi connectivity index (χ1v) is 5.83. The van der Waals surface area contributed by atoms with Gasteiger partial charge in [-0.05, 0) is 41.4 Å². The predicted octanol–water partition coefficient (Wildman–Crippen LogP) is 1.75. The van der Waals surface area contributed by atoms with Gasteiger partial charge in [0.05, 0.1) is 0 Å². The van der Waals surface area contributed by atoms with Crippen molar-refractivity contribution >= 4 is 33.6 Å². The number of hydrogen-bond acceptors (Lipinski definition) is 3. The van der Waals surface area contributed by atoms with Gasteiger partial charge in [0.2, 0.25) is 5.91 Å². The second-order valence-electron chi connectivity index (χ2n) is 3.66. The average Bonchev–Trinajstić information content (AvgIpc) is 2.23. The molecule has 6 heteroatoms. The molecule has 92 valence electrons. The molecule has 4 N–H and O–H groups in total. The molecule has 0 saturated heterocycles. The van der Waals surface area contributed by atoms with E-state index in [1.807, 2.05) is 30.4 Å². The Morgan fingerprint density at radius 2 is 2.06 bits per heavy atom. The van der Waals surface area contributed by atoms with E-state index in [0.717, 1.165) is 15.7 Å². The summed E-state index contributed by atoms with van der Waals surface area (Å²) in [5.41, 5.74) is 6.71. The molecule has 0 aliphatic rings. The third-order valence-corrected chi connectivity index (χ3v) is 3.26. The first-order chi connectivity index (χ1) is 7.91. The molecule has 0 spiro atoms. The number of rotatable bonds is 3. The number of urea groups is 1. The largest absolute Gasteiger partial charge is 0.373 e. The Morgan fingerprint density at radius 1 is 1.41 bits per heavy atom. The highest BCUT2D eigenvalue weighted by atomic mass is 79.9. The number of aryl methyl sites for hydroxylation is 1. The van der Waals surface area contributed by atoms with E-state index >= 15 is 0 Å². The molecule has 0 aromatic heterocycles. The van der Waals surface area contributed by atoms with Crippen LogP contribution in [0.2, 0.25) is 0 Å². The predicted molar refractivity (Wildman–Crippen MR) is 69.7 cm³/mol. The van der Waals surface area contributed by atoms with E-state index < -0.39 is 18.0 Å². The van der Waals surface area contributed by atoms with Crippen LogP contribution < -0.4 is 16.4 Å². The van der Waals surface area contributed by atoms with Crippen LogP contribution in [0.1, 0.15) is 12.5 Å². The summed E-state index contributed by atoms with van der Waals surface area (Å²) in [6, 6.07) is 4.25. The number of halogens is 1. The number of nitrogens with one attached hydrogen (secondary N) is 2. The summed E-state index contributed by atoms with van der Waals surface area (Å²) in [6.45, 7) is 3.59. The monoisotopic (exact) mass is 299 g/mol. The van der Waals surface area contributed by atoms with E-state index in [4.69, 9.17) is 5.73 Å². The van der Waals surface area contributed by atoms with Gasteiger partial charge < -0.3 is 11.1 Å². The number of hydrogen-bond donors (Lipinski definition) is 3. The maximum atomic E-state index is 11.5. The minimum absolute atomic E-state index is 0.467. The van der Waals surface area contributed by atoms with Crippen molar-refractivity contribution in [3.63, 3.8) is 0 Å². The maximum absolute atomic E-state index is 11.5. The summed E-state index contributed by atoms with van der Waals surface area (Å²) in [4.78, 5) is 22.0. The van der Waals surface area contributed by atoms with Gasteiger partial charge in [-0.1, -0.05) is 12.1 Å². The summed E-state index contributed by atoms with van der Waals surface area (Å²) in [5, 5.41) is 5.01. The number of carbonyl (C=O) groups excluding carboxylic acids is 2. The Bertz CT molecular complexity index is 448. The van der Waals surface area contributed by atoms with Crippen LogP contribution in [0.5, 0.6) is 0 Å². The van der Waals surface area contributed by atoms with Crippen molar-refractivity contribution in [2.45, 2.75) is 19.9 Å². The summed E-state index contributed by atoms with van der Waals surface area (Å²) < 4.78 is 0.888. The topological polar surface area (TPSA) is 84.2 Å². The smallest absolute Gasteiger partial charge is 0.318 e. The highest BCUT2D eigenvalue weighted by Gasteiger charge is 2.15. The summed E-state index contributed by atoms with van der Waals surface area (Å²) in [7, 11) is 0. The number of imide groups is 1. The third kappa shape index (κ3) is 3.74. The summed E-state index contributed by atoms with van der Waals surface area (Å²) in [6.07, 6.45) is 0. The van der Waals surface area contributed by atoms with Gasteiger partial charge >= 0.3 is 6.03 Å². The van der Waals surface area contributed by atoms with Crippen molar-refractivity contribution in [3.05, 3.63) is 28.2 Å². The first-order valence-electron chi connectivity index (χ1n) is 5.03. The molecule has 5 nitrogen and oxygen atoms in total. The third-order valence-electron chi connectivity index (χ3n) is 2.20. The van der Waals surface area contributed by atoms with Gasteiger partial charge in [-0.2, -0.15) is 0 Å². The molecule has 0 fully saturated rings. The lowest BCUT2D eigenvalue weighted by atomic mass is 10.2. The standard InChI is InChI=1S/C11H14BrN3O2/c1-6-4-3-5-8(9(6)12)14-7(2)10(16)15-11(13)17/h3-5,7,14H,1-2H3,(H3,13,15,16,17). The van der Waals surface area contributed by atoms with E-state index in [1.54, 1.807) is 6.92 Å². The molecule has 3 amide bonds. The minimum atomic E-state index is -0.855. The van der Waals surface area contributed by atoms with E-state index in [0.29, 0.717) is 0 Å². The van der Waals surface area contributed by atoms with Crippen LogP contribution in [-0.2, 0) is 4.79 Å². The molecule has 1 aromatic rings. The molecule has 1 unspecified atom stereocenters. The van der Waals surface area contributed by atoms with Crippen molar-refractivity contribution in [1.82, 2.24) is 5.32 Å². The molecule has 0 aliphatic heterocycles. The second-order valence-corrected chi connectivity index (χ2v) is 4.45. The molecular formula is C11H14BrN3O2. The SMILES string of the molecule is Cc1cccc(NC(C)C(=O)NC(N)=O)c1Br. The highest BCUT2D eigenvalue weighted by Crippen LogP contribution is 2.26. The Morgan fingerprint density at radius 3 is 2.65 bits per heavy atom. The number of primary amides is 1. The van der Waals surface area contributed by atoms with Gasteiger partial charge in [-0.3, -0.25) is 10.1 Å². The Kier molecular flexibility index (Phi) is 4.51. The zero-order chi connectivity index (χ0) is 13.0. The number of amides is 3. The zero-order valence-corrected chi connectivity index (χ0v) is 11.2. The lowest BCUT2D eigenvalue weighted by Gasteiger charge is -2.16. The van der Waals surface area contributed by atoms with Gasteiger partial charge in [-0.25, -0.2) is 4.79 Å². The molecule has 0 saturated carbocycles. The average molecular weight is 300 g/mol. The van der Waals surface area contributed by atoms with E-state index in [-0.39, 0.29) is 0 Å². The lowest BCUT2D eigenvalue weighted by molar-refractivity contribution is -0.120. The van der Waals surface area contributed by atoms with Gasteiger partial charge in [-0.15, -0.1) is 0 Å². The molecule has 1 aromatic carbocycles. The van der Waals surface area contributed by atoms with Gasteiger partial charge in [0.1, 0.15) is 6.04 Å². The van der Waals surface area contributed by atoms with Crippen molar-refractivity contribution in [1.29, 1.82) is 0 Å². The number of carbonyl (C=O) groups is 2. The first kappa shape index (κ1) is 13.5. The van der Waals surface area contributed by atoms with Crippen LogP contribution in [0, 0.1) is 6.92 Å². The molecule has 0 bridgehead atoms. The molecule has 0 aliphatic carbocycles. The molecule has 1 atom stereocenters. The van der Waals surface area contributed by atoms with Crippen molar-refractivity contribution in [2.75, 3.05) is 5.32 Å². The summed E-state index contributed by atoms with van der Waals surface area (Å²) >= 11 is 3.42. The van der Waals surface area contributed by atoms with E-state index in [9.17, 15) is 9.59 Å². The zero-order valence-electron chi connectivity index (χ0n) is 9.58. The van der Waals surface area contributed by atoms with Gasteiger partial charge in [0, 0.05) is 10.2 Å². The van der Waals surface area contributed by atoms with Crippen molar-refractivity contribution in [2.24, 2.45) is 5.73 Å². The van der Waals surface area contributed by atoms with Crippen molar-refractivity contribution in [3.8, 4) is 0 Å². The maximum Gasteiger partial charge on any atom is 0.318 e. The lowest BCUT2D eigenvalue weighted by Crippen LogP contribution is -2.43. The summed E-state index contributed by atoms with van der Waals surface area (Å²) in [5.74, 6) is -0.467. The van der Waals surface area contributed by atoms with E-state index in [2.05, 4.69) is 21.2 Å². The molecular weight excluding hydrogens is 286 g/mol. The number of benzene rings is 1. The van der Waals surface area contributed by atoms with Crippen LogP contribution in [0.3, 0.4) is 0 Å². The molecule has 17 heavy (non-hydrogen) atoms. The van der Waals surface area contributed by atoms with Gasteiger partial charge in [0.15, 0.2) is 0 Å². The number of nitrogens with two attached hydrogens (primary N) is 1. The highest BCUT2D eigenvalue weighted by molar-refractivity contribution is 9.10. The Balaban J connectivity index is 2.74. The minimum Gasteiger partial charge on any atom is -0.373 e. The fraction of sp³-hybridized carbons (Fsp3) is 0.273. The van der Waals surface area contributed by atoms with Crippen molar-refractivity contribution < 1.29 is 9.59 Å². The van der Waals surface area contributed by atoms with Crippen LogP contribution in [0.4, 0.5) is 10.5 Å². The van der Waals surface area contributed by atoms with Crippen LogP contribution in [-0.4, -0.2) is 18.0 Å². The van der Waals surface area contributed by atoms with E-state index in [1.165, 1.54) is 0 Å². The van der Waals surface area contributed by atoms with Crippen LogP contribution >= 0.6 is 15.9 Å². The fourth-order valence-electron chi connectivity index (χ4n) is 1.29. The Labute approximate surface area is 108 Å². The fourth-order valence-corrected chi connectivity index (χ4v) is 1.67. The second kappa shape index (κ2) is 5.67. The van der Waals surface area contributed by atoms with Crippen LogP contribution in [0.15, 0.2) is 22.7 Å². The van der Waals surface area contributed by atoms with Gasteiger partial charge in [0.25, 0.3) is 0 Å². The van der Waals surface area contributed by atoms with Crippen LogP contribution in [0.25, 0.3) is 0 Å². The Hall–Kier alpha value is -1.56. The molecule has 0 heterocycles. The molecule has 0 radical (unpaired) electrons. The quantitative estimate of drug-likeness (QED) is 0.795. The normalized spacial score (nSPS) is 11.7. The number of anilines is 1.